The Kier molecular flexibility index (Phi) is 11.0. The lowest BCUT2D eigenvalue weighted by Crippen LogP contribution is -2.59. The molecule has 10 N–H and O–H groups in total. The molecule has 4 atom stereocenters. The van der Waals surface area contributed by atoms with Gasteiger partial charge in [0.2, 0.25) is 23.6 Å². The number of carbonyl (C=O) groups is 5. The van der Waals surface area contributed by atoms with Crippen molar-refractivity contribution >= 4 is 42.2 Å². The van der Waals surface area contributed by atoms with Gasteiger partial charge in [-0.25, -0.2) is 4.79 Å². The molecule has 4 amide bonds. The molecule has 0 aliphatic heterocycles. The van der Waals surface area contributed by atoms with E-state index in [1.165, 1.54) is 0 Å². The van der Waals surface area contributed by atoms with E-state index in [2.05, 4.69) is 17.9 Å². The second-order valence-corrected chi connectivity index (χ2v) is 5.71. The number of thiol groups is 1. The molecule has 27 heavy (non-hydrogen) atoms. The first kappa shape index (κ1) is 24.6. The fraction of sp³-hybridized carbons (Fsp3) is 0.615. The Labute approximate surface area is 159 Å². The van der Waals surface area contributed by atoms with Gasteiger partial charge in [-0.1, -0.05) is 0 Å². The monoisotopic (exact) mass is 409 g/mol. The van der Waals surface area contributed by atoms with Crippen LogP contribution in [0.3, 0.4) is 0 Å². The topological polar surface area (TPSA) is 234 Å². The molecule has 0 fully saturated rings. The fourth-order valence-electron chi connectivity index (χ4n) is 1.70. The average Bonchev–Trinajstić information content (AvgIpc) is 2.61. The van der Waals surface area contributed by atoms with Crippen LogP contribution in [0.15, 0.2) is 0 Å². The Hall–Kier alpha value is -2.42. The molecule has 0 rings (SSSR count). The Morgan fingerprint density at radius 3 is 1.70 bits per heavy atom. The normalized spacial score (nSPS) is 15.0. The van der Waals surface area contributed by atoms with Crippen LogP contribution in [-0.2, 0) is 24.0 Å². The zero-order valence-corrected chi connectivity index (χ0v) is 15.0. The van der Waals surface area contributed by atoms with E-state index in [-0.39, 0.29) is 5.75 Å². The predicted molar refractivity (Wildman–Crippen MR) is 93.2 cm³/mol. The van der Waals surface area contributed by atoms with Gasteiger partial charge >= 0.3 is 5.97 Å². The number of carbonyl (C=O) groups excluding carboxylic acids is 4. The number of primary amides is 1. The van der Waals surface area contributed by atoms with Crippen molar-refractivity contribution in [1.29, 1.82) is 0 Å². The molecule has 13 nitrogen and oxygen atoms in total. The molecule has 154 valence electrons. The summed E-state index contributed by atoms with van der Waals surface area (Å²) < 4.78 is 0. The molecule has 0 saturated carbocycles. The number of aliphatic hydroxyl groups excluding tert-OH is 2. The number of hydrogen-bond donors (Lipinski definition) is 9. The molecule has 0 aromatic rings. The van der Waals surface area contributed by atoms with Gasteiger partial charge in [0.05, 0.1) is 25.7 Å². The van der Waals surface area contributed by atoms with E-state index in [9.17, 15) is 29.1 Å². The number of carboxylic acid groups (broad SMARTS) is 1. The molecule has 0 aromatic carbocycles. The first-order chi connectivity index (χ1) is 12.6. The number of aliphatic hydroxyl groups is 2. The number of nitrogens with two attached hydrogens (primary N) is 2. The van der Waals surface area contributed by atoms with Gasteiger partial charge in [-0.05, 0) is 0 Å². The number of amides is 4. The number of rotatable bonds is 12. The fourth-order valence-corrected chi connectivity index (χ4v) is 1.86. The van der Waals surface area contributed by atoms with Gasteiger partial charge in [0.25, 0.3) is 0 Å². The van der Waals surface area contributed by atoms with Gasteiger partial charge in [-0.2, -0.15) is 12.6 Å². The molecule has 0 spiro atoms. The Morgan fingerprint density at radius 1 is 0.852 bits per heavy atom. The highest BCUT2D eigenvalue weighted by Crippen LogP contribution is 1.97. The number of aliphatic carboxylic acids is 1. The average molecular weight is 409 g/mol. The minimum Gasteiger partial charge on any atom is -0.480 e. The summed E-state index contributed by atoms with van der Waals surface area (Å²) in [5, 5.41) is 33.0. The van der Waals surface area contributed by atoms with Gasteiger partial charge in [-0.15, -0.1) is 0 Å². The van der Waals surface area contributed by atoms with E-state index in [1.807, 2.05) is 10.6 Å². The Bertz CT molecular complexity index is 575. The summed E-state index contributed by atoms with van der Waals surface area (Å²) in [7, 11) is 0. The van der Waals surface area contributed by atoms with Crippen molar-refractivity contribution in [1.82, 2.24) is 16.0 Å². The first-order valence-electron chi connectivity index (χ1n) is 7.57. The van der Waals surface area contributed by atoms with Crippen LogP contribution < -0.4 is 27.4 Å². The maximum atomic E-state index is 12.2. The quantitative estimate of drug-likeness (QED) is 0.140. The predicted octanol–water partition coefficient (Wildman–Crippen LogP) is -5.36. The summed E-state index contributed by atoms with van der Waals surface area (Å²) in [6, 6.07) is -5.83. The van der Waals surface area contributed by atoms with Gasteiger partial charge in [0.1, 0.15) is 18.1 Å². The van der Waals surface area contributed by atoms with Gasteiger partial charge < -0.3 is 42.7 Å². The van der Waals surface area contributed by atoms with Crippen molar-refractivity contribution in [2.75, 3.05) is 19.0 Å². The van der Waals surface area contributed by atoms with E-state index in [0.29, 0.717) is 0 Å². The summed E-state index contributed by atoms with van der Waals surface area (Å²) >= 11 is 3.82. The highest BCUT2D eigenvalue weighted by Gasteiger charge is 2.30. The number of nitrogens with one attached hydrogen (secondary N) is 3. The summed E-state index contributed by atoms with van der Waals surface area (Å²) in [6.07, 6.45) is -0.620. The van der Waals surface area contributed by atoms with Gasteiger partial charge in [0, 0.05) is 5.75 Å². The standard InChI is InChI=1S/C13H23N5O8S/c14-5(4-27)10(22)16-6(1-9(15)21)11(23)17-7(2-19)12(24)18-8(3-20)13(25)26/h5-8,19-20,27H,1-4,14H2,(H2,15,21)(H,16,22)(H,17,23)(H,18,24)(H,25,26). The third-order valence-electron chi connectivity index (χ3n) is 3.18. The molecule has 0 heterocycles. The largest absolute Gasteiger partial charge is 0.480 e. The van der Waals surface area contributed by atoms with Gasteiger partial charge in [0.15, 0.2) is 0 Å². The number of carboxylic acids is 1. The van der Waals surface area contributed by atoms with Crippen LogP contribution in [-0.4, -0.2) is 88.1 Å². The summed E-state index contributed by atoms with van der Waals surface area (Å²) in [6.45, 7) is -1.85. The molecular formula is C13H23N5O8S. The van der Waals surface area contributed by atoms with Crippen molar-refractivity contribution in [3.63, 3.8) is 0 Å². The molecule has 0 bridgehead atoms. The van der Waals surface area contributed by atoms with Crippen LogP contribution in [0.25, 0.3) is 0 Å². The highest BCUT2D eigenvalue weighted by molar-refractivity contribution is 7.80. The molecule has 14 heteroatoms. The molecule has 0 aliphatic carbocycles. The zero-order chi connectivity index (χ0) is 21.1. The lowest BCUT2D eigenvalue weighted by atomic mass is 10.1. The summed E-state index contributed by atoms with van der Waals surface area (Å²) in [5.41, 5.74) is 10.5. The van der Waals surface area contributed by atoms with Gasteiger partial charge in [-0.3, -0.25) is 19.2 Å². The van der Waals surface area contributed by atoms with E-state index in [1.54, 1.807) is 0 Å². The van der Waals surface area contributed by atoms with Crippen LogP contribution in [0.2, 0.25) is 0 Å². The molecule has 0 radical (unpaired) electrons. The SMILES string of the molecule is NC(=O)CC(NC(=O)C(N)CS)C(=O)NC(CO)C(=O)NC(CO)C(=O)O. The second kappa shape index (κ2) is 12.1. The number of hydrogen-bond acceptors (Lipinski definition) is 9. The van der Waals surface area contributed by atoms with Crippen LogP contribution in [0.1, 0.15) is 6.42 Å². The lowest BCUT2D eigenvalue weighted by Gasteiger charge is -2.23. The minimum absolute atomic E-state index is 0.0455. The second-order valence-electron chi connectivity index (χ2n) is 5.35. The van der Waals surface area contributed by atoms with E-state index < -0.39 is 73.4 Å². The molecule has 0 aliphatic rings. The summed E-state index contributed by atoms with van der Waals surface area (Å²) in [5.74, 6) is -5.47. The van der Waals surface area contributed by atoms with E-state index in [4.69, 9.17) is 21.7 Å². The minimum atomic E-state index is -1.65. The third kappa shape index (κ3) is 8.67. The van der Waals surface area contributed by atoms with Crippen molar-refractivity contribution in [2.45, 2.75) is 30.6 Å². The molecule has 4 unspecified atom stereocenters. The van der Waals surface area contributed by atoms with Crippen LogP contribution in [0.4, 0.5) is 0 Å². The lowest BCUT2D eigenvalue weighted by molar-refractivity contribution is -0.143. The molecular weight excluding hydrogens is 386 g/mol. The smallest absolute Gasteiger partial charge is 0.328 e. The Balaban J connectivity index is 5.13. The van der Waals surface area contributed by atoms with Crippen LogP contribution >= 0.6 is 12.6 Å². The highest BCUT2D eigenvalue weighted by atomic mass is 32.1. The van der Waals surface area contributed by atoms with E-state index >= 15 is 0 Å². The van der Waals surface area contributed by atoms with Crippen LogP contribution in [0, 0.1) is 0 Å². The van der Waals surface area contributed by atoms with Crippen LogP contribution in [0.5, 0.6) is 0 Å². The third-order valence-corrected chi connectivity index (χ3v) is 3.58. The first-order valence-corrected chi connectivity index (χ1v) is 8.20. The summed E-state index contributed by atoms with van der Waals surface area (Å²) in [4.78, 5) is 57.9. The molecule has 0 aromatic heterocycles. The van der Waals surface area contributed by atoms with E-state index in [0.717, 1.165) is 0 Å². The molecule has 0 saturated heterocycles. The zero-order valence-electron chi connectivity index (χ0n) is 14.1. The maximum absolute atomic E-state index is 12.2. The van der Waals surface area contributed by atoms with Crippen molar-refractivity contribution in [3.8, 4) is 0 Å². The van der Waals surface area contributed by atoms with Crippen molar-refractivity contribution < 1.29 is 39.3 Å². The van der Waals surface area contributed by atoms with Crippen molar-refractivity contribution in [2.24, 2.45) is 11.5 Å². The Morgan fingerprint density at radius 2 is 1.30 bits per heavy atom. The maximum Gasteiger partial charge on any atom is 0.328 e. The van der Waals surface area contributed by atoms with Crippen molar-refractivity contribution in [3.05, 3.63) is 0 Å².